The number of ether oxygens (including phenoxy) is 1. The van der Waals surface area contributed by atoms with Crippen molar-refractivity contribution < 1.29 is 9.53 Å². The minimum Gasteiger partial charge on any atom is -0.501 e. The van der Waals surface area contributed by atoms with Crippen LogP contribution in [0.4, 0.5) is 0 Å². The van der Waals surface area contributed by atoms with Gasteiger partial charge in [-0.3, -0.25) is 0 Å². The lowest BCUT2D eigenvalue weighted by atomic mass is 9.77. The number of aldehydes is 1. The number of hydrogen-bond donors (Lipinski definition) is 0. The number of nitrogens with zero attached hydrogens (tertiary/aromatic N) is 1. The summed E-state index contributed by atoms with van der Waals surface area (Å²) < 4.78 is 4.95. The van der Waals surface area contributed by atoms with Crippen LogP contribution in [-0.2, 0) is 9.53 Å². The van der Waals surface area contributed by atoms with Gasteiger partial charge in [-0.15, -0.1) is 0 Å². The van der Waals surface area contributed by atoms with Crippen molar-refractivity contribution in [3.63, 3.8) is 0 Å². The van der Waals surface area contributed by atoms with Crippen LogP contribution >= 0.6 is 0 Å². The van der Waals surface area contributed by atoms with Crippen molar-refractivity contribution in [2.24, 2.45) is 11.3 Å². The number of methoxy groups -OCH3 is 1. The summed E-state index contributed by atoms with van der Waals surface area (Å²) >= 11 is 0. The van der Waals surface area contributed by atoms with E-state index in [2.05, 4.69) is 12.6 Å². The molecule has 0 aromatic rings. The fourth-order valence-electron chi connectivity index (χ4n) is 1.14. The molecular formula is C10H15NO2. The van der Waals surface area contributed by atoms with E-state index in [1.807, 2.05) is 0 Å². The summed E-state index contributed by atoms with van der Waals surface area (Å²) in [7, 11) is 1.49. The average Bonchev–Trinajstić information content (AvgIpc) is 2.12. The summed E-state index contributed by atoms with van der Waals surface area (Å²) in [6.45, 7) is 7.21. The number of allylic oxidation sites excluding steroid dienone is 1. The molecule has 3 heteroatoms. The Morgan fingerprint density at radius 2 is 2.31 bits per heavy atom. The van der Waals surface area contributed by atoms with E-state index in [9.17, 15) is 4.79 Å². The Kier molecular flexibility index (Phi) is 4.19. The molecule has 0 bridgehead atoms. The molecule has 0 aromatic heterocycles. The highest BCUT2D eigenvalue weighted by Gasteiger charge is 2.32. The van der Waals surface area contributed by atoms with Gasteiger partial charge in [-0.1, -0.05) is 6.58 Å². The predicted molar refractivity (Wildman–Crippen MR) is 49.7 cm³/mol. The molecule has 1 atom stereocenters. The second-order valence-corrected chi connectivity index (χ2v) is 3.46. The van der Waals surface area contributed by atoms with E-state index in [4.69, 9.17) is 10.00 Å². The lowest BCUT2D eigenvalue weighted by Gasteiger charge is -2.26. The summed E-state index contributed by atoms with van der Waals surface area (Å²) in [5.74, 6) is 0.249. The first-order valence-electron chi connectivity index (χ1n) is 4.07. The molecule has 0 aliphatic carbocycles. The van der Waals surface area contributed by atoms with Gasteiger partial charge >= 0.3 is 0 Å². The summed E-state index contributed by atoms with van der Waals surface area (Å²) in [6.07, 6.45) is 1.06. The fourth-order valence-corrected chi connectivity index (χ4v) is 1.14. The van der Waals surface area contributed by atoms with Crippen LogP contribution in [0.25, 0.3) is 0 Å². The van der Waals surface area contributed by atoms with Gasteiger partial charge < -0.3 is 9.53 Å². The van der Waals surface area contributed by atoms with Crippen LogP contribution < -0.4 is 0 Å². The van der Waals surface area contributed by atoms with Gasteiger partial charge in [-0.25, -0.2) is 0 Å². The molecule has 0 amide bonds. The molecule has 0 N–H and O–H groups in total. The smallest absolute Gasteiger partial charge is 0.120 e. The quantitative estimate of drug-likeness (QED) is 0.480. The second kappa shape index (κ2) is 4.66. The first-order chi connectivity index (χ1) is 5.99. The lowest BCUT2D eigenvalue weighted by Crippen LogP contribution is -2.25. The molecule has 72 valence electrons. The van der Waals surface area contributed by atoms with Crippen molar-refractivity contribution in [3.8, 4) is 6.07 Å². The van der Waals surface area contributed by atoms with Crippen molar-refractivity contribution in [3.05, 3.63) is 12.3 Å². The van der Waals surface area contributed by atoms with Gasteiger partial charge in [-0.2, -0.15) is 5.26 Å². The first-order valence-corrected chi connectivity index (χ1v) is 4.07. The van der Waals surface area contributed by atoms with Gasteiger partial charge in [0.1, 0.15) is 6.29 Å². The van der Waals surface area contributed by atoms with E-state index in [1.165, 1.54) is 7.11 Å². The molecular weight excluding hydrogens is 166 g/mol. The first kappa shape index (κ1) is 11.7. The van der Waals surface area contributed by atoms with Crippen LogP contribution in [0, 0.1) is 22.7 Å². The number of hydrogen-bond acceptors (Lipinski definition) is 3. The molecule has 13 heavy (non-hydrogen) atoms. The Bertz CT molecular complexity index is 238. The van der Waals surface area contributed by atoms with Crippen molar-refractivity contribution in [2.75, 3.05) is 7.11 Å². The summed E-state index contributed by atoms with van der Waals surface area (Å²) in [5, 5.41) is 8.87. The van der Waals surface area contributed by atoms with Crippen molar-refractivity contribution in [1.29, 1.82) is 5.26 Å². The van der Waals surface area contributed by atoms with Gasteiger partial charge in [0.05, 0.1) is 24.4 Å². The average molecular weight is 181 g/mol. The lowest BCUT2D eigenvalue weighted by molar-refractivity contribution is -0.109. The minimum absolute atomic E-state index is 0.236. The molecule has 0 saturated heterocycles. The third-order valence-electron chi connectivity index (χ3n) is 2.14. The zero-order valence-electron chi connectivity index (χ0n) is 8.33. The maximum absolute atomic E-state index is 10.4. The summed E-state index contributed by atoms with van der Waals surface area (Å²) in [6, 6.07) is 2.14. The zero-order valence-corrected chi connectivity index (χ0v) is 8.33. The van der Waals surface area contributed by atoms with Gasteiger partial charge in [0, 0.05) is 12.3 Å². The van der Waals surface area contributed by atoms with E-state index in [0.717, 1.165) is 6.29 Å². The van der Waals surface area contributed by atoms with E-state index in [1.54, 1.807) is 13.8 Å². The highest BCUT2D eigenvalue weighted by molar-refractivity contribution is 5.51. The van der Waals surface area contributed by atoms with Crippen LogP contribution in [0.5, 0.6) is 0 Å². The molecule has 0 aliphatic heterocycles. The molecule has 0 fully saturated rings. The van der Waals surface area contributed by atoms with Crippen LogP contribution in [0.1, 0.15) is 20.3 Å². The molecule has 0 rings (SSSR count). The molecule has 0 heterocycles. The molecule has 3 nitrogen and oxygen atoms in total. The van der Waals surface area contributed by atoms with E-state index in [-0.39, 0.29) is 12.3 Å². The topological polar surface area (TPSA) is 50.1 Å². The molecule has 0 spiro atoms. The third kappa shape index (κ3) is 2.90. The van der Waals surface area contributed by atoms with Crippen molar-refractivity contribution >= 4 is 6.29 Å². The number of carbonyl (C=O) groups is 1. The van der Waals surface area contributed by atoms with Crippen molar-refractivity contribution in [2.45, 2.75) is 20.3 Å². The zero-order chi connectivity index (χ0) is 10.5. The van der Waals surface area contributed by atoms with Gasteiger partial charge in [0.15, 0.2) is 0 Å². The van der Waals surface area contributed by atoms with Crippen LogP contribution in [0.15, 0.2) is 12.3 Å². The SMILES string of the molecule is C=C(OC)C(CC=O)C(C)(C)C#N. The predicted octanol–water partition coefficient (Wildman–Crippen LogP) is 1.90. The van der Waals surface area contributed by atoms with Crippen LogP contribution in [0.3, 0.4) is 0 Å². The minimum atomic E-state index is -0.617. The Balaban J connectivity index is 4.71. The Morgan fingerprint density at radius 1 is 1.77 bits per heavy atom. The van der Waals surface area contributed by atoms with Gasteiger partial charge in [-0.05, 0) is 13.8 Å². The summed E-state index contributed by atoms with van der Waals surface area (Å²) in [5.41, 5.74) is -0.617. The Morgan fingerprint density at radius 3 is 2.62 bits per heavy atom. The van der Waals surface area contributed by atoms with Crippen molar-refractivity contribution in [1.82, 2.24) is 0 Å². The van der Waals surface area contributed by atoms with E-state index < -0.39 is 5.41 Å². The van der Waals surface area contributed by atoms with E-state index in [0.29, 0.717) is 5.76 Å². The van der Waals surface area contributed by atoms with E-state index >= 15 is 0 Å². The van der Waals surface area contributed by atoms with Crippen LogP contribution in [0.2, 0.25) is 0 Å². The number of rotatable bonds is 5. The largest absolute Gasteiger partial charge is 0.501 e. The fraction of sp³-hybridized carbons (Fsp3) is 0.600. The molecule has 0 aromatic carbocycles. The molecule has 0 saturated carbocycles. The number of nitriles is 1. The van der Waals surface area contributed by atoms with Gasteiger partial charge in [0.25, 0.3) is 0 Å². The number of carbonyl (C=O) groups excluding carboxylic acids is 1. The molecule has 1 unspecified atom stereocenters. The monoisotopic (exact) mass is 181 g/mol. The second-order valence-electron chi connectivity index (χ2n) is 3.46. The standard InChI is InChI=1S/C10H15NO2/c1-8(13-4)9(5-6-12)10(2,3)7-11/h6,9H,1,5H2,2-4H3. The normalized spacial score (nSPS) is 12.8. The molecule has 0 aliphatic rings. The Labute approximate surface area is 79.0 Å². The highest BCUT2D eigenvalue weighted by Crippen LogP contribution is 2.33. The summed E-state index contributed by atoms with van der Waals surface area (Å²) in [4.78, 5) is 10.4. The van der Waals surface area contributed by atoms with Gasteiger partial charge in [0.2, 0.25) is 0 Å². The highest BCUT2D eigenvalue weighted by atomic mass is 16.5. The molecule has 0 radical (unpaired) electrons. The Hall–Kier alpha value is -1.30. The maximum Gasteiger partial charge on any atom is 0.120 e. The maximum atomic E-state index is 10.4. The van der Waals surface area contributed by atoms with Crippen LogP contribution in [-0.4, -0.2) is 13.4 Å². The third-order valence-corrected chi connectivity index (χ3v) is 2.14.